The van der Waals surface area contributed by atoms with Gasteiger partial charge in [-0.1, -0.05) is 13.0 Å². The fourth-order valence-electron chi connectivity index (χ4n) is 2.36. The van der Waals surface area contributed by atoms with Crippen molar-refractivity contribution in [3.05, 3.63) is 54.4 Å². The Balaban J connectivity index is 1.99. The van der Waals surface area contributed by atoms with Gasteiger partial charge in [-0.05, 0) is 42.8 Å². The zero-order valence-electron chi connectivity index (χ0n) is 12.0. The van der Waals surface area contributed by atoms with Crippen LogP contribution in [0.25, 0.3) is 16.9 Å². The van der Waals surface area contributed by atoms with E-state index in [0.717, 1.165) is 41.4 Å². The Morgan fingerprint density at radius 1 is 1.14 bits per heavy atom. The molecule has 0 atom stereocenters. The molecule has 0 spiro atoms. The fraction of sp³-hybridized carbons (Fsp3) is 0.235. The number of imidazole rings is 1. The highest BCUT2D eigenvalue weighted by Gasteiger charge is 2.12. The summed E-state index contributed by atoms with van der Waals surface area (Å²) in [5.74, 6) is 0.856. The highest BCUT2D eigenvalue weighted by atomic mass is 16.5. The van der Waals surface area contributed by atoms with Gasteiger partial charge in [-0.2, -0.15) is 0 Å². The number of fused-ring (bicyclic) bond motifs is 1. The number of pyridine rings is 1. The second-order valence-electron chi connectivity index (χ2n) is 4.87. The van der Waals surface area contributed by atoms with Crippen LogP contribution in [-0.4, -0.2) is 21.1 Å². The number of aliphatic hydroxyl groups excluding tert-OH is 1. The van der Waals surface area contributed by atoms with Crippen molar-refractivity contribution >= 4 is 5.65 Å². The second kappa shape index (κ2) is 5.97. The molecule has 3 aromatic rings. The maximum Gasteiger partial charge on any atom is 0.137 e. The van der Waals surface area contributed by atoms with Crippen molar-refractivity contribution in [2.75, 3.05) is 6.61 Å². The first-order valence-electron chi connectivity index (χ1n) is 7.13. The molecule has 4 heteroatoms. The zero-order valence-corrected chi connectivity index (χ0v) is 12.0. The van der Waals surface area contributed by atoms with Gasteiger partial charge < -0.3 is 14.2 Å². The summed E-state index contributed by atoms with van der Waals surface area (Å²) in [5, 5.41) is 9.65. The van der Waals surface area contributed by atoms with E-state index < -0.39 is 0 Å². The summed E-state index contributed by atoms with van der Waals surface area (Å²) in [7, 11) is 0. The lowest BCUT2D eigenvalue weighted by molar-refractivity contribution is 0.276. The maximum atomic E-state index is 9.65. The Kier molecular flexibility index (Phi) is 3.88. The molecule has 3 rings (SSSR count). The lowest BCUT2D eigenvalue weighted by Gasteiger charge is -2.06. The van der Waals surface area contributed by atoms with E-state index in [-0.39, 0.29) is 6.61 Å². The number of hydrogen-bond donors (Lipinski definition) is 1. The molecule has 0 aliphatic heterocycles. The van der Waals surface area contributed by atoms with Crippen molar-refractivity contribution in [2.45, 2.75) is 20.0 Å². The van der Waals surface area contributed by atoms with Crippen molar-refractivity contribution in [1.82, 2.24) is 9.38 Å². The third-order valence-electron chi connectivity index (χ3n) is 3.38. The van der Waals surface area contributed by atoms with E-state index >= 15 is 0 Å². The summed E-state index contributed by atoms with van der Waals surface area (Å²) in [6.45, 7) is 2.75. The summed E-state index contributed by atoms with van der Waals surface area (Å²) in [5.41, 5.74) is 3.42. The minimum absolute atomic E-state index is 0.0470. The summed E-state index contributed by atoms with van der Waals surface area (Å²) in [6, 6.07) is 13.6. The Bertz CT molecular complexity index is 732. The van der Waals surface area contributed by atoms with E-state index in [1.165, 1.54) is 0 Å². The van der Waals surface area contributed by atoms with Gasteiger partial charge in [0, 0.05) is 11.8 Å². The minimum atomic E-state index is -0.0470. The maximum absolute atomic E-state index is 9.65. The first-order valence-corrected chi connectivity index (χ1v) is 7.13. The third-order valence-corrected chi connectivity index (χ3v) is 3.38. The van der Waals surface area contributed by atoms with Gasteiger partial charge in [0.15, 0.2) is 0 Å². The Morgan fingerprint density at radius 3 is 2.67 bits per heavy atom. The van der Waals surface area contributed by atoms with Crippen LogP contribution in [0.15, 0.2) is 48.7 Å². The van der Waals surface area contributed by atoms with Crippen molar-refractivity contribution in [2.24, 2.45) is 0 Å². The number of aliphatic hydroxyl groups is 1. The quantitative estimate of drug-likeness (QED) is 0.781. The van der Waals surface area contributed by atoms with E-state index in [9.17, 15) is 5.11 Å². The van der Waals surface area contributed by atoms with Crippen LogP contribution >= 0.6 is 0 Å². The number of ether oxygens (including phenoxy) is 1. The molecule has 108 valence electrons. The predicted molar refractivity (Wildman–Crippen MR) is 82.3 cm³/mol. The zero-order chi connectivity index (χ0) is 14.7. The van der Waals surface area contributed by atoms with E-state index in [2.05, 4.69) is 11.9 Å². The largest absolute Gasteiger partial charge is 0.494 e. The average Bonchev–Trinajstić information content (AvgIpc) is 2.92. The molecule has 4 nitrogen and oxygen atoms in total. The predicted octanol–water partition coefficient (Wildman–Crippen LogP) is 3.28. The van der Waals surface area contributed by atoms with Gasteiger partial charge in [-0.25, -0.2) is 4.98 Å². The van der Waals surface area contributed by atoms with E-state index in [1.54, 1.807) is 0 Å². The lowest BCUT2D eigenvalue weighted by atomic mass is 10.1. The first-order chi connectivity index (χ1) is 10.3. The van der Waals surface area contributed by atoms with Crippen molar-refractivity contribution < 1.29 is 9.84 Å². The van der Waals surface area contributed by atoms with Crippen molar-refractivity contribution in [1.29, 1.82) is 0 Å². The van der Waals surface area contributed by atoms with E-state index in [0.29, 0.717) is 0 Å². The topological polar surface area (TPSA) is 46.8 Å². The number of benzene rings is 1. The van der Waals surface area contributed by atoms with Crippen LogP contribution in [0.5, 0.6) is 5.75 Å². The molecular formula is C17H18N2O2. The van der Waals surface area contributed by atoms with Gasteiger partial charge in [0.1, 0.15) is 11.4 Å². The molecule has 0 amide bonds. The van der Waals surface area contributed by atoms with E-state index in [4.69, 9.17) is 4.74 Å². The SMILES string of the molecule is CCCOc1ccc(-c2nc3ccccn3c2CO)cc1. The molecule has 0 bridgehead atoms. The fourth-order valence-corrected chi connectivity index (χ4v) is 2.36. The van der Waals surface area contributed by atoms with E-state index in [1.807, 2.05) is 53.1 Å². The first kappa shape index (κ1) is 13.6. The lowest BCUT2D eigenvalue weighted by Crippen LogP contribution is -1.95. The molecule has 0 aliphatic rings. The molecule has 1 N–H and O–H groups in total. The molecule has 0 saturated heterocycles. The third kappa shape index (κ3) is 2.62. The highest BCUT2D eigenvalue weighted by Crippen LogP contribution is 2.26. The number of hydrogen-bond acceptors (Lipinski definition) is 3. The number of nitrogens with zero attached hydrogens (tertiary/aromatic N) is 2. The Hall–Kier alpha value is -2.33. The minimum Gasteiger partial charge on any atom is -0.494 e. The summed E-state index contributed by atoms with van der Waals surface area (Å²) in [6.07, 6.45) is 2.90. The molecule has 0 fully saturated rings. The van der Waals surface area contributed by atoms with Crippen molar-refractivity contribution in [3.8, 4) is 17.0 Å². The van der Waals surface area contributed by atoms with Gasteiger partial charge in [0.25, 0.3) is 0 Å². The van der Waals surface area contributed by atoms with Crippen molar-refractivity contribution in [3.63, 3.8) is 0 Å². The van der Waals surface area contributed by atoms with Crippen LogP contribution < -0.4 is 4.74 Å². The van der Waals surface area contributed by atoms with Crippen LogP contribution in [-0.2, 0) is 6.61 Å². The molecule has 2 heterocycles. The van der Waals surface area contributed by atoms with Crippen LogP contribution in [0.3, 0.4) is 0 Å². The molecule has 0 aliphatic carbocycles. The van der Waals surface area contributed by atoms with Crippen LogP contribution in [0.1, 0.15) is 19.0 Å². The standard InChI is InChI=1S/C17H18N2O2/c1-2-11-21-14-8-6-13(7-9-14)17-15(12-20)19-10-4-3-5-16(19)18-17/h3-10,20H,2,11-12H2,1H3. The average molecular weight is 282 g/mol. The van der Waals surface area contributed by atoms with Gasteiger partial charge >= 0.3 is 0 Å². The molecule has 1 aromatic carbocycles. The van der Waals surface area contributed by atoms with Gasteiger partial charge in [-0.15, -0.1) is 0 Å². The van der Waals surface area contributed by atoms with Gasteiger partial charge in [0.2, 0.25) is 0 Å². The number of rotatable bonds is 5. The van der Waals surface area contributed by atoms with Crippen LogP contribution in [0.4, 0.5) is 0 Å². The van der Waals surface area contributed by atoms with Crippen LogP contribution in [0, 0.1) is 0 Å². The van der Waals surface area contributed by atoms with Gasteiger partial charge in [-0.3, -0.25) is 0 Å². The summed E-state index contributed by atoms with van der Waals surface area (Å²) >= 11 is 0. The molecule has 21 heavy (non-hydrogen) atoms. The molecule has 0 unspecified atom stereocenters. The van der Waals surface area contributed by atoms with Gasteiger partial charge in [0.05, 0.1) is 24.6 Å². The highest BCUT2D eigenvalue weighted by molar-refractivity contribution is 5.67. The monoisotopic (exact) mass is 282 g/mol. The Labute approximate surface area is 123 Å². The van der Waals surface area contributed by atoms with Crippen LogP contribution in [0.2, 0.25) is 0 Å². The summed E-state index contributed by atoms with van der Waals surface area (Å²) < 4.78 is 7.50. The second-order valence-corrected chi connectivity index (χ2v) is 4.87. The Morgan fingerprint density at radius 2 is 1.95 bits per heavy atom. The molecule has 0 radical (unpaired) electrons. The smallest absolute Gasteiger partial charge is 0.137 e. The normalized spacial score (nSPS) is 11.0. The molecule has 2 aromatic heterocycles. The molecular weight excluding hydrogens is 264 g/mol. The summed E-state index contributed by atoms with van der Waals surface area (Å²) in [4.78, 5) is 4.61. The molecule has 0 saturated carbocycles. The number of aromatic nitrogens is 2.